The summed E-state index contributed by atoms with van der Waals surface area (Å²) in [5.41, 5.74) is 2.66. The number of nitrogens with zero attached hydrogens (tertiary/aromatic N) is 2. The van der Waals surface area contributed by atoms with Gasteiger partial charge in [-0.2, -0.15) is 0 Å². The number of nitrogens with one attached hydrogen (secondary N) is 1. The lowest BCUT2D eigenvalue weighted by Crippen LogP contribution is -2.45. The van der Waals surface area contributed by atoms with E-state index in [1.807, 2.05) is 13.1 Å². The van der Waals surface area contributed by atoms with E-state index in [-0.39, 0.29) is 0 Å². The lowest BCUT2D eigenvalue weighted by molar-refractivity contribution is 0.309. The molecular weight excluding hydrogens is 286 g/mol. The third-order valence-electron chi connectivity index (χ3n) is 4.93. The van der Waals surface area contributed by atoms with Crippen LogP contribution in [-0.4, -0.2) is 44.7 Å². The summed E-state index contributed by atoms with van der Waals surface area (Å²) in [5.74, 6) is 2.81. The van der Waals surface area contributed by atoms with Crippen LogP contribution in [0.25, 0.3) is 5.57 Å². The molecule has 0 spiro atoms. The van der Waals surface area contributed by atoms with Crippen LogP contribution in [0.1, 0.15) is 31.2 Å². The van der Waals surface area contributed by atoms with Gasteiger partial charge < -0.3 is 15.0 Å². The highest BCUT2D eigenvalue weighted by molar-refractivity contribution is 5.81. The summed E-state index contributed by atoms with van der Waals surface area (Å²) in [5, 5.41) is 3.54. The van der Waals surface area contributed by atoms with Crippen molar-refractivity contribution < 1.29 is 4.74 Å². The molecule has 23 heavy (non-hydrogen) atoms. The maximum absolute atomic E-state index is 5.33. The zero-order valence-electron chi connectivity index (χ0n) is 14.2. The van der Waals surface area contributed by atoms with Gasteiger partial charge in [-0.1, -0.05) is 24.6 Å². The first-order valence-corrected chi connectivity index (χ1v) is 8.59. The molecule has 4 heteroatoms. The van der Waals surface area contributed by atoms with Crippen LogP contribution in [-0.2, 0) is 0 Å². The fraction of sp³-hybridized carbons (Fsp3) is 0.526. The molecule has 2 aliphatic rings. The van der Waals surface area contributed by atoms with Crippen LogP contribution in [0.5, 0.6) is 5.75 Å². The van der Waals surface area contributed by atoms with Crippen LogP contribution in [0.2, 0.25) is 0 Å². The van der Waals surface area contributed by atoms with Crippen molar-refractivity contribution in [3.63, 3.8) is 0 Å². The molecule has 0 aromatic heterocycles. The van der Waals surface area contributed by atoms with E-state index in [9.17, 15) is 0 Å². The Bertz CT molecular complexity index is 590. The van der Waals surface area contributed by atoms with Gasteiger partial charge in [0.15, 0.2) is 5.96 Å². The molecule has 0 atom stereocenters. The third kappa shape index (κ3) is 3.87. The minimum absolute atomic E-state index is 0.847. The molecule has 0 radical (unpaired) electrons. The first-order valence-electron chi connectivity index (χ1n) is 8.59. The van der Waals surface area contributed by atoms with Crippen LogP contribution >= 0.6 is 0 Å². The van der Waals surface area contributed by atoms with Gasteiger partial charge in [-0.05, 0) is 48.4 Å². The predicted molar refractivity (Wildman–Crippen MR) is 95.9 cm³/mol. The number of methoxy groups -OCH3 is 1. The van der Waals surface area contributed by atoms with E-state index in [0.29, 0.717) is 0 Å². The Morgan fingerprint density at radius 2 is 2.26 bits per heavy atom. The number of aliphatic imine (C=N–C) groups is 1. The van der Waals surface area contributed by atoms with E-state index in [4.69, 9.17) is 4.74 Å². The molecule has 0 amide bonds. The van der Waals surface area contributed by atoms with Gasteiger partial charge in [0.05, 0.1) is 7.11 Å². The second kappa shape index (κ2) is 7.53. The van der Waals surface area contributed by atoms with Crippen molar-refractivity contribution >= 4 is 11.5 Å². The van der Waals surface area contributed by atoms with Crippen molar-refractivity contribution in [2.45, 2.75) is 25.7 Å². The highest BCUT2D eigenvalue weighted by Gasteiger charge is 2.20. The first-order chi connectivity index (χ1) is 11.3. The molecule has 1 aromatic carbocycles. The number of guanidine groups is 1. The van der Waals surface area contributed by atoms with Crippen molar-refractivity contribution in [1.29, 1.82) is 0 Å². The molecule has 1 fully saturated rings. The number of ether oxygens (including phenoxy) is 1. The standard InChI is InChI=1S/C19H27N3O/c1-20-19(21-14-15-5-3-6-15)22-11-9-16(10-12-22)17-7-4-8-18(13-17)23-2/h4,7-9,13,15H,3,5-6,10-12,14H2,1-2H3,(H,20,21). The highest BCUT2D eigenvalue weighted by Crippen LogP contribution is 2.26. The summed E-state index contributed by atoms with van der Waals surface area (Å²) in [6.07, 6.45) is 7.47. The van der Waals surface area contributed by atoms with Crippen molar-refractivity contribution in [2.24, 2.45) is 10.9 Å². The third-order valence-corrected chi connectivity index (χ3v) is 4.93. The predicted octanol–water partition coefficient (Wildman–Crippen LogP) is 3.16. The number of benzene rings is 1. The van der Waals surface area contributed by atoms with Gasteiger partial charge >= 0.3 is 0 Å². The monoisotopic (exact) mass is 313 g/mol. The lowest BCUT2D eigenvalue weighted by atomic mass is 9.85. The first kappa shape index (κ1) is 15.9. The second-order valence-corrected chi connectivity index (χ2v) is 6.38. The summed E-state index contributed by atoms with van der Waals surface area (Å²) in [7, 11) is 3.60. The fourth-order valence-corrected chi connectivity index (χ4v) is 3.21. The van der Waals surface area contributed by atoms with E-state index >= 15 is 0 Å². The van der Waals surface area contributed by atoms with Gasteiger partial charge in [-0.3, -0.25) is 4.99 Å². The van der Waals surface area contributed by atoms with Crippen LogP contribution in [0, 0.1) is 5.92 Å². The van der Waals surface area contributed by atoms with E-state index in [1.54, 1.807) is 7.11 Å². The summed E-state index contributed by atoms with van der Waals surface area (Å²) in [4.78, 5) is 6.79. The maximum Gasteiger partial charge on any atom is 0.193 e. The Labute approximate surface area is 139 Å². The Kier molecular flexibility index (Phi) is 5.21. The average Bonchev–Trinajstić information content (AvgIpc) is 2.57. The van der Waals surface area contributed by atoms with Gasteiger partial charge in [-0.15, -0.1) is 0 Å². The molecule has 1 aliphatic carbocycles. The minimum atomic E-state index is 0.847. The van der Waals surface area contributed by atoms with Crippen molar-refractivity contribution in [3.8, 4) is 5.75 Å². The van der Waals surface area contributed by atoms with Crippen molar-refractivity contribution in [1.82, 2.24) is 10.2 Å². The Hall–Kier alpha value is -1.97. The molecule has 1 N–H and O–H groups in total. The normalized spacial score (nSPS) is 19.1. The van der Waals surface area contributed by atoms with E-state index < -0.39 is 0 Å². The van der Waals surface area contributed by atoms with Crippen LogP contribution in [0.3, 0.4) is 0 Å². The Balaban J connectivity index is 1.59. The van der Waals surface area contributed by atoms with Gasteiger partial charge in [0.1, 0.15) is 5.75 Å². The quantitative estimate of drug-likeness (QED) is 0.685. The minimum Gasteiger partial charge on any atom is -0.497 e. The molecule has 0 bridgehead atoms. The average molecular weight is 313 g/mol. The molecule has 3 rings (SSSR count). The van der Waals surface area contributed by atoms with E-state index in [1.165, 1.54) is 30.4 Å². The molecule has 124 valence electrons. The number of hydrogen-bond donors (Lipinski definition) is 1. The molecule has 0 saturated heterocycles. The molecule has 4 nitrogen and oxygen atoms in total. The van der Waals surface area contributed by atoms with Gasteiger partial charge in [0.2, 0.25) is 0 Å². The summed E-state index contributed by atoms with van der Waals surface area (Å²) in [6.45, 7) is 2.99. The van der Waals surface area contributed by atoms with Crippen molar-refractivity contribution in [3.05, 3.63) is 35.9 Å². The Morgan fingerprint density at radius 3 is 2.87 bits per heavy atom. The largest absolute Gasteiger partial charge is 0.497 e. The summed E-state index contributed by atoms with van der Waals surface area (Å²) < 4.78 is 5.33. The molecule has 0 unspecified atom stereocenters. The number of hydrogen-bond acceptors (Lipinski definition) is 2. The lowest BCUT2D eigenvalue weighted by Gasteiger charge is -2.32. The van der Waals surface area contributed by atoms with Gasteiger partial charge in [-0.25, -0.2) is 0 Å². The van der Waals surface area contributed by atoms with E-state index in [2.05, 4.69) is 39.5 Å². The molecule has 1 heterocycles. The molecule has 1 aromatic rings. The van der Waals surface area contributed by atoms with Crippen LogP contribution in [0.4, 0.5) is 0 Å². The smallest absolute Gasteiger partial charge is 0.193 e. The van der Waals surface area contributed by atoms with Crippen LogP contribution in [0.15, 0.2) is 35.3 Å². The van der Waals surface area contributed by atoms with Gasteiger partial charge in [0.25, 0.3) is 0 Å². The second-order valence-electron chi connectivity index (χ2n) is 6.38. The van der Waals surface area contributed by atoms with Gasteiger partial charge in [0, 0.05) is 26.7 Å². The zero-order chi connectivity index (χ0) is 16.1. The topological polar surface area (TPSA) is 36.9 Å². The summed E-state index contributed by atoms with van der Waals surface area (Å²) >= 11 is 0. The summed E-state index contributed by atoms with van der Waals surface area (Å²) in [6, 6.07) is 8.32. The van der Waals surface area contributed by atoms with E-state index in [0.717, 1.165) is 43.7 Å². The van der Waals surface area contributed by atoms with Crippen LogP contribution < -0.4 is 10.1 Å². The highest BCUT2D eigenvalue weighted by atomic mass is 16.5. The number of rotatable bonds is 4. The SMILES string of the molecule is CN=C(NCC1CCC1)N1CC=C(c2cccc(OC)c2)CC1. The Morgan fingerprint density at radius 1 is 1.39 bits per heavy atom. The molecular formula is C19H27N3O. The molecule has 1 saturated carbocycles. The maximum atomic E-state index is 5.33. The molecule has 1 aliphatic heterocycles. The van der Waals surface area contributed by atoms with Crippen molar-refractivity contribution in [2.75, 3.05) is 33.8 Å². The zero-order valence-corrected chi connectivity index (χ0v) is 14.2. The fourth-order valence-electron chi connectivity index (χ4n) is 3.21.